The van der Waals surface area contributed by atoms with Crippen LogP contribution in [0, 0.1) is 11.8 Å². The molecule has 1 aliphatic rings. The average Bonchev–Trinajstić information content (AvgIpc) is 2.45. The monoisotopic (exact) mass is 296 g/mol. The van der Waals surface area contributed by atoms with Crippen LogP contribution in [0.5, 0.6) is 0 Å². The van der Waals surface area contributed by atoms with E-state index in [1.54, 1.807) is 12.1 Å². The van der Waals surface area contributed by atoms with E-state index >= 15 is 0 Å². The maximum Gasteiger partial charge on any atom is 0.263 e. The first-order chi connectivity index (χ1) is 9.93. The maximum absolute atomic E-state index is 12.9. The summed E-state index contributed by atoms with van der Waals surface area (Å²) < 4.78 is 25.8. The van der Waals surface area contributed by atoms with Crippen molar-refractivity contribution in [2.45, 2.75) is 45.7 Å². The van der Waals surface area contributed by atoms with Gasteiger partial charge in [-0.2, -0.15) is 0 Å². The lowest BCUT2D eigenvalue weighted by Crippen LogP contribution is -2.49. The highest BCUT2D eigenvalue weighted by atomic mass is 19.3. The average molecular weight is 296 g/mol. The summed E-state index contributed by atoms with van der Waals surface area (Å²) in [6.45, 7) is 8.16. The molecule has 0 amide bonds. The Bertz CT molecular complexity index is 464. The number of hydrogen-bond acceptors (Lipinski definition) is 2. The van der Waals surface area contributed by atoms with E-state index in [4.69, 9.17) is 5.73 Å². The van der Waals surface area contributed by atoms with Crippen LogP contribution in [0.2, 0.25) is 0 Å². The summed E-state index contributed by atoms with van der Waals surface area (Å²) in [5.74, 6) is 1.21. The van der Waals surface area contributed by atoms with E-state index in [2.05, 4.69) is 25.7 Å². The number of benzene rings is 1. The van der Waals surface area contributed by atoms with Crippen LogP contribution in [0.15, 0.2) is 24.3 Å². The lowest BCUT2D eigenvalue weighted by molar-refractivity contribution is 0.0423. The minimum atomic E-state index is -2.43. The highest BCUT2D eigenvalue weighted by Crippen LogP contribution is 2.34. The normalized spacial score (nSPS) is 28.8. The third-order valence-corrected chi connectivity index (χ3v) is 4.81. The van der Waals surface area contributed by atoms with Gasteiger partial charge in [-0.3, -0.25) is 4.90 Å². The predicted octanol–water partition coefficient (Wildman–Crippen LogP) is 3.99. The molecule has 4 heteroatoms. The number of nitrogens with zero attached hydrogens (tertiary/aromatic N) is 1. The highest BCUT2D eigenvalue weighted by Gasteiger charge is 2.33. The van der Waals surface area contributed by atoms with Crippen molar-refractivity contribution in [3.8, 4) is 0 Å². The van der Waals surface area contributed by atoms with E-state index in [9.17, 15) is 8.78 Å². The standard InChI is InChI=1S/C17H26F2N2/c1-11-7-12(2)13(3)21(10-11)16(9-20)14-5-4-6-15(8-14)17(18)19/h4-6,8,11-13,16-17H,7,9-10,20H2,1-3H3. The molecular formula is C17H26F2N2. The fourth-order valence-electron chi connectivity index (χ4n) is 3.54. The van der Waals surface area contributed by atoms with Gasteiger partial charge in [-0.05, 0) is 36.8 Å². The summed E-state index contributed by atoms with van der Waals surface area (Å²) in [6, 6.07) is 7.15. The minimum Gasteiger partial charge on any atom is -0.329 e. The summed E-state index contributed by atoms with van der Waals surface area (Å²) in [4.78, 5) is 2.39. The van der Waals surface area contributed by atoms with Gasteiger partial charge in [0.05, 0.1) is 0 Å². The molecule has 21 heavy (non-hydrogen) atoms. The van der Waals surface area contributed by atoms with Crippen LogP contribution in [0.4, 0.5) is 8.78 Å². The number of alkyl halides is 2. The Balaban J connectivity index is 2.28. The molecular weight excluding hydrogens is 270 g/mol. The summed E-state index contributed by atoms with van der Waals surface area (Å²) >= 11 is 0. The first-order valence-corrected chi connectivity index (χ1v) is 7.77. The molecule has 0 radical (unpaired) electrons. The predicted molar refractivity (Wildman–Crippen MR) is 82.3 cm³/mol. The molecule has 1 fully saturated rings. The second kappa shape index (κ2) is 6.84. The zero-order valence-corrected chi connectivity index (χ0v) is 13.1. The van der Waals surface area contributed by atoms with Crippen molar-refractivity contribution in [2.24, 2.45) is 17.6 Å². The van der Waals surface area contributed by atoms with Gasteiger partial charge in [0.2, 0.25) is 0 Å². The summed E-state index contributed by atoms with van der Waals surface area (Å²) in [5.41, 5.74) is 6.97. The first-order valence-electron chi connectivity index (χ1n) is 7.77. The third-order valence-electron chi connectivity index (χ3n) is 4.81. The number of halogens is 2. The molecule has 0 saturated carbocycles. The molecule has 0 spiro atoms. The topological polar surface area (TPSA) is 29.3 Å². The van der Waals surface area contributed by atoms with E-state index in [1.165, 1.54) is 12.5 Å². The van der Waals surface area contributed by atoms with E-state index in [-0.39, 0.29) is 11.6 Å². The van der Waals surface area contributed by atoms with Crippen molar-refractivity contribution in [3.05, 3.63) is 35.4 Å². The molecule has 1 aliphatic heterocycles. The molecule has 0 bridgehead atoms. The molecule has 0 aromatic heterocycles. The number of rotatable bonds is 4. The van der Waals surface area contributed by atoms with Crippen LogP contribution >= 0.6 is 0 Å². The van der Waals surface area contributed by atoms with Crippen LogP contribution in [0.25, 0.3) is 0 Å². The van der Waals surface area contributed by atoms with Crippen molar-refractivity contribution in [3.63, 3.8) is 0 Å². The van der Waals surface area contributed by atoms with E-state index < -0.39 is 6.43 Å². The molecule has 0 aliphatic carbocycles. The van der Waals surface area contributed by atoms with Gasteiger partial charge in [-0.25, -0.2) is 8.78 Å². The lowest BCUT2D eigenvalue weighted by atomic mass is 9.84. The van der Waals surface area contributed by atoms with Gasteiger partial charge in [0, 0.05) is 30.7 Å². The van der Waals surface area contributed by atoms with Crippen molar-refractivity contribution in [1.29, 1.82) is 0 Å². The van der Waals surface area contributed by atoms with E-state index in [1.807, 2.05) is 6.07 Å². The van der Waals surface area contributed by atoms with Crippen molar-refractivity contribution < 1.29 is 8.78 Å². The first kappa shape index (κ1) is 16.4. The minimum absolute atomic E-state index is 0.0175. The van der Waals surface area contributed by atoms with Crippen LogP contribution in [0.3, 0.4) is 0 Å². The highest BCUT2D eigenvalue weighted by molar-refractivity contribution is 5.27. The Morgan fingerprint density at radius 3 is 2.52 bits per heavy atom. The molecule has 2 nitrogen and oxygen atoms in total. The molecule has 1 saturated heterocycles. The van der Waals surface area contributed by atoms with Gasteiger partial charge in [-0.1, -0.05) is 32.0 Å². The van der Waals surface area contributed by atoms with E-state index in [0.717, 1.165) is 12.1 Å². The Morgan fingerprint density at radius 1 is 1.24 bits per heavy atom. The molecule has 1 heterocycles. The van der Waals surface area contributed by atoms with Gasteiger partial charge in [0.1, 0.15) is 0 Å². The van der Waals surface area contributed by atoms with Crippen LogP contribution in [0.1, 0.15) is 50.8 Å². The molecule has 118 valence electrons. The molecule has 4 atom stereocenters. The second-order valence-electron chi connectivity index (χ2n) is 6.48. The number of nitrogens with two attached hydrogens (primary N) is 1. The van der Waals surface area contributed by atoms with Gasteiger partial charge in [0.25, 0.3) is 6.43 Å². The quantitative estimate of drug-likeness (QED) is 0.910. The lowest BCUT2D eigenvalue weighted by Gasteiger charge is -2.45. The van der Waals surface area contributed by atoms with Gasteiger partial charge >= 0.3 is 0 Å². The Hall–Kier alpha value is -1.00. The van der Waals surface area contributed by atoms with Gasteiger partial charge in [-0.15, -0.1) is 0 Å². The smallest absolute Gasteiger partial charge is 0.263 e. The number of piperidine rings is 1. The van der Waals surface area contributed by atoms with Crippen LogP contribution < -0.4 is 5.73 Å². The molecule has 2 N–H and O–H groups in total. The number of hydrogen-bond donors (Lipinski definition) is 1. The molecule has 1 aromatic carbocycles. The molecule has 4 unspecified atom stereocenters. The van der Waals surface area contributed by atoms with Crippen LogP contribution in [-0.4, -0.2) is 24.0 Å². The second-order valence-corrected chi connectivity index (χ2v) is 6.48. The SMILES string of the molecule is CC1CC(C)C(C)N(C(CN)c2cccc(C(F)F)c2)C1. The largest absolute Gasteiger partial charge is 0.329 e. The Labute approximate surface area is 126 Å². The fraction of sp³-hybridized carbons (Fsp3) is 0.647. The third kappa shape index (κ3) is 3.61. The van der Waals surface area contributed by atoms with Crippen molar-refractivity contribution >= 4 is 0 Å². The summed E-state index contributed by atoms with van der Waals surface area (Å²) in [5, 5.41) is 0. The summed E-state index contributed by atoms with van der Waals surface area (Å²) in [6.07, 6.45) is -1.22. The van der Waals surface area contributed by atoms with Crippen molar-refractivity contribution in [2.75, 3.05) is 13.1 Å². The van der Waals surface area contributed by atoms with Gasteiger partial charge in [0.15, 0.2) is 0 Å². The van der Waals surface area contributed by atoms with Crippen molar-refractivity contribution in [1.82, 2.24) is 4.90 Å². The fourth-order valence-corrected chi connectivity index (χ4v) is 3.54. The van der Waals surface area contributed by atoms with Gasteiger partial charge < -0.3 is 5.73 Å². The Kier molecular flexibility index (Phi) is 5.33. The summed E-state index contributed by atoms with van der Waals surface area (Å²) in [7, 11) is 0. The van der Waals surface area contributed by atoms with E-state index in [0.29, 0.717) is 24.4 Å². The Morgan fingerprint density at radius 2 is 1.90 bits per heavy atom. The molecule has 2 rings (SSSR count). The maximum atomic E-state index is 12.9. The van der Waals surface area contributed by atoms with Crippen LogP contribution in [-0.2, 0) is 0 Å². The zero-order valence-electron chi connectivity index (χ0n) is 13.1. The molecule has 1 aromatic rings. The number of likely N-dealkylation sites (tertiary alicyclic amines) is 1. The zero-order chi connectivity index (χ0) is 15.6.